The molecule has 0 heterocycles. The summed E-state index contributed by atoms with van der Waals surface area (Å²) in [5.74, 6) is 0. The topological polar surface area (TPSA) is 158 Å². The molecule has 0 aromatic heterocycles. The Morgan fingerprint density at radius 2 is 1.00 bits per heavy atom. The Bertz CT molecular complexity index is 260. The Hall–Kier alpha value is 1.34. The van der Waals surface area contributed by atoms with Gasteiger partial charge in [0.2, 0.25) is 0 Å². The Balaban J connectivity index is -0.000000126. The summed E-state index contributed by atoms with van der Waals surface area (Å²) < 4.78 is 59.5. The van der Waals surface area contributed by atoms with Crippen molar-refractivity contribution in [1.29, 1.82) is 0 Å². The second kappa shape index (κ2) is 7.71. The summed E-state index contributed by atoms with van der Waals surface area (Å²) >= 11 is 0. The van der Waals surface area contributed by atoms with E-state index in [2.05, 4.69) is 4.33 Å². The number of rotatable bonds is 1. The van der Waals surface area contributed by atoms with Crippen LogP contribution in [0.15, 0.2) is 0 Å². The van der Waals surface area contributed by atoms with E-state index in [0.29, 0.717) is 0 Å². The Morgan fingerprint density at radius 3 is 1.00 bits per heavy atom. The van der Waals surface area contributed by atoms with Gasteiger partial charge in [0, 0.05) is 0 Å². The van der Waals surface area contributed by atoms with Gasteiger partial charge in [-0.05, 0) is 0 Å². The van der Waals surface area contributed by atoms with Gasteiger partial charge in [0.05, 0.1) is 0 Å². The molecule has 0 unspecified atom stereocenters. The molecule has 0 atom stereocenters. The van der Waals surface area contributed by atoms with E-state index in [9.17, 15) is 0 Å². The predicted octanol–water partition coefficient (Wildman–Crippen LogP) is -2.02. The van der Waals surface area contributed by atoms with Crippen LogP contribution in [0.2, 0.25) is 0 Å². The molecule has 9 nitrogen and oxygen atoms in total. The molecule has 0 rings (SSSR count). The molecule has 72 valence electrons. The van der Waals surface area contributed by atoms with Crippen molar-refractivity contribution in [3.8, 4) is 0 Å². The van der Waals surface area contributed by atoms with E-state index >= 15 is 0 Å². The summed E-state index contributed by atoms with van der Waals surface area (Å²) in [7, 11) is -9.27. The molecule has 0 aromatic rings. The zero-order valence-corrected chi connectivity index (χ0v) is 6.28. The first-order valence-electron chi connectivity index (χ1n) is 1.56. The van der Waals surface area contributed by atoms with Crippen LogP contribution in [0.1, 0.15) is 0 Å². The van der Waals surface area contributed by atoms with Crippen LogP contribution in [0.5, 0.6) is 0 Å². The van der Waals surface area contributed by atoms with E-state index in [0.717, 1.165) is 0 Å². The molecule has 0 bridgehead atoms. The average molecular weight is 252 g/mol. The monoisotopic (exact) mass is 252 g/mol. The van der Waals surface area contributed by atoms with Gasteiger partial charge >= 0.3 is 72.2 Å². The fourth-order valence-electron chi connectivity index (χ4n) is 0. The summed E-state index contributed by atoms with van der Waals surface area (Å²) in [5, 5.41) is 7.06. The zero-order chi connectivity index (χ0) is 9.71. The first-order chi connectivity index (χ1) is 4.56. The third kappa shape index (κ3) is 64.4. The van der Waals surface area contributed by atoms with Crippen LogP contribution in [0.3, 0.4) is 0 Å². The van der Waals surface area contributed by atoms with E-state index < -0.39 is 20.8 Å². The Labute approximate surface area is 111 Å². The second-order valence-electron chi connectivity index (χ2n) is 0.950. The van der Waals surface area contributed by atoms with E-state index in [4.69, 9.17) is 35.8 Å². The molecule has 0 radical (unpaired) electrons. The fraction of sp³-hybridized carbons (Fsp3) is 0. The number of hydrogen-bond acceptors (Lipinski definition) is 6. The van der Waals surface area contributed by atoms with Crippen LogP contribution in [-0.4, -0.2) is 87.1 Å². The predicted molar refractivity (Wildman–Crippen MR) is 36.6 cm³/mol. The van der Waals surface area contributed by atoms with Crippen LogP contribution < -0.4 is 0 Å². The van der Waals surface area contributed by atoms with E-state index in [1.807, 2.05) is 0 Å². The second-order valence-corrected chi connectivity index (χ2v) is 2.85. The van der Waals surface area contributed by atoms with Gasteiger partial charge in [0.1, 0.15) is 0 Å². The standard InChI is InChI=1S/K.H2O5S.H2O4S.H/c;1-5-6(2,3)4;1-5(2,3)4;/h;1H,(H,2,3,4);(H2,1,2,3,4);. The molecule has 0 spiro atoms. The Kier molecular flexibility index (Phi) is 12.2. The van der Waals surface area contributed by atoms with Crippen molar-refractivity contribution in [2.24, 2.45) is 0 Å². The van der Waals surface area contributed by atoms with Crippen molar-refractivity contribution in [2.75, 3.05) is 0 Å². The molecule has 12 heavy (non-hydrogen) atoms. The fourth-order valence-corrected chi connectivity index (χ4v) is 0. The van der Waals surface area contributed by atoms with Crippen molar-refractivity contribution >= 4 is 72.2 Å². The average Bonchev–Trinajstić information content (AvgIpc) is 1.59. The third-order valence-electron chi connectivity index (χ3n) is 0.0942. The van der Waals surface area contributed by atoms with Crippen molar-refractivity contribution in [3.05, 3.63) is 0 Å². The maximum absolute atomic E-state index is 9.08. The minimum atomic E-state index is -4.67. The van der Waals surface area contributed by atoms with Crippen molar-refractivity contribution < 1.29 is 40.1 Å². The molecule has 0 fully saturated rings. The summed E-state index contributed by atoms with van der Waals surface area (Å²) in [6, 6.07) is 0. The molecular formula is H5KO9S2. The minimum absolute atomic E-state index is 0. The molecular weight excluding hydrogens is 247 g/mol. The van der Waals surface area contributed by atoms with Gasteiger partial charge in [-0.25, -0.2) is 5.26 Å². The van der Waals surface area contributed by atoms with Crippen LogP contribution in [-0.2, 0) is 25.1 Å². The van der Waals surface area contributed by atoms with Crippen LogP contribution in [0, 0.1) is 0 Å². The molecule has 0 aliphatic heterocycles. The van der Waals surface area contributed by atoms with E-state index in [1.54, 1.807) is 0 Å². The van der Waals surface area contributed by atoms with Gasteiger partial charge in [-0.2, -0.15) is 16.8 Å². The molecule has 12 heteroatoms. The quantitative estimate of drug-likeness (QED) is 0.179. The van der Waals surface area contributed by atoms with Crippen molar-refractivity contribution in [1.82, 2.24) is 0 Å². The van der Waals surface area contributed by atoms with Crippen LogP contribution >= 0.6 is 0 Å². The molecule has 0 saturated carbocycles. The SMILES string of the molecule is O=S(=O)(O)O.O=S(=O)(O)OO.[KH]. The first kappa shape index (κ1) is 19.0. The van der Waals surface area contributed by atoms with Gasteiger partial charge in [-0.3, -0.25) is 13.7 Å². The van der Waals surface area contributed by atoms with Gasteiger partial charge in [0.15, 0.2) is 0 Å². The van der Waals surface area contributed by atoms with Gasteiger partial charge < -0.3 is 0 Å². The van der Waals surface area contributed by atoms with Crippen LogP contribution in [0.4, 0.5) is 0 Å². The third-order valence-corrected chi connectivity index (χ3v) is 0.283. The van der Waals surface area contributed by atoms with Gasteiger partial charge in [-0.1, -0.05) is 4.33 Å². The molecule has 0 amide bonds. The maximum atomic E-state index is 9.08. The molecule has 0 aliphatic carbocycles. The van der Waals surface area contributed by atoms with Gasteiger partial charge in [0.25, 0.3) is 0 Å². The summed E-state index contributed by atoms with van der Waals surface area (Å²) in [5.41, 5.74) is 0. The number of hydrogen-bond donors (Lipinski definition) is 4. The van der Waals surface area contributed by atoms with Crippen molar-refractivity contribution in [2.45, 2.75) is 0 Å². The molecule has 0 saturated heterocycles. The van der Waals surface area contributed by atoms with Crippen LogP contribution in [0.25, 0.3) is 0 Å². The molecule has 0 aliphatic rings. The van der Waals surface area contributed by atoms with Gasteiger partial charge in [-0.15, -0.1) is 0 Å². The Morgan fingerprint density at radius 1 is 0.917 bits per heavy atom. The summed E-state index contributed by atoms with van der Waals surface area (Å²) in [6.07, 6.45) is 0. The van der Waals surface area contributed by atoms with E-state index in [1.165, 1.54) is 0 Å². The summed E-state index contributed by atoms with van der Waals surface area (Å²) in [4.78, 5) is 0. The summed E-state index contributed by atoms with van der Waals surface area (Å²) in [6.45, 7) is 0. The van der Waals surface area contributed by atoms with E-state index in [-0.39, 0.29) is 51.4 Å². The molecule has 4 N–H and O–H groups in total. The zero-order valence-electron chi connectivity index (χ0n) is 4.65. The van der Waals surface area contributed by atoms with Crippen molar-refractivity contribution in [3.63, 3.8) is 0 Å². The molecule has 0 aromatic carbocycles. The normalized spacial score (nSPS) is 10.7. The first-order valence-corrected chi connectivity index (χ1v) is 4.33.